The maximum absolute atomic E-state index is 13.1. The molecule has 182 valence electrons. The molecule has 5 rings (SSSR count). The van der Waals surface area contributed by atoms with Crippen molar-refractivity contribution < 1.29 is 14.3 Å². The molecular weight excluding hydrogens is 440 g/mol. The Labute approximate surface area is 206 Å². The predicted molar refractivity (Wildman–Crippen MR) is 138 cm³/mol. The van der Waals surface area contributed by atoms with Gasteiger partial charge in [0.25, 0.3) is 5.91 Å². The van der Waals surface area contributed by atoms with Crippen molar-refractivity contribution in [3.05, 3.63) is 71.0 Å². The van der Waals surface area contributed by atoms with Gasteiger partial charge in [-0.2, -0.15) is 0 Å². The first kappa shape index (κ1) is 23.3. The smallest absolute Gasteiger partial charge is 0.274 e. The Bertz CT molecular complexity index is 1260. The molecule has 7 nitrogen and oxygen atoms in total. The molecule has 7 heteroatoms. The van der Waals surface area contributed by atoms with Crippen LogP contribution in [0.4, 0.5) is 11.4 Å². The van der Waals surface area contributed by atoms with E-state index in [2.05, 4.69) is 45.6 Å². The topological polar surface area (TPSA) is 75.7 Å². The highest BCUT2D eigenvalue weighted by molar-refractivity contribution is 6.04. The van der Waals surface area contributed by atoms with Gasteiger partial charge in [-0.05, 0) is 48.2 Å². The molecule has 0 saturated carbocycles. The first-order chi connectivity index (χ1) is 16.9. The second kappa shape index (κ2) is 9.32. The van der Waals surface area contributed by atoms with Crippen LogP contribution >= 0.6 is 0 Å². The molecule has 35 heavy (non-hydrogen) atoms. The number of nitrogens with zero attached hydrogens (tertiary/aromatic N) is 2. The van der Waals surface area contributed by atoms with Crippen LogP contribution in [0.3, 0.4) is 0 Å². The zero-order chi connectivity index (χ0) is 24.6. The number of benzene rings is 2. The third kappa shape index (κ3) is 4.37. The average Bonchev–Trinajstić information content (AvgIpc) is 2.81. The Morgan fingerprint density at radius 1 is 1.09 bits per heavy atom. The number of aromatic nitrogens is 1. The molecule has 1 spiro atoms. The van der Waals surface area contributed by atoms with Crippen molar-refractivity contribution in [2.45, 2.75) is 20.4 Å². The Kier molecular flexibility index (Phi) is 6.21. The first-order valence-corrected chi connectivity index (χ1v) is 11.9. The molecule has 0 atom stereocenters. The number of carbonyl (C=O) groups excluding carboxylic acids is 1. The summed E-state index contributed by atoms with van der Waals surface area (Å²) in [5.74, 6) is 0.422. The van der Waals surface area contributed by atoms with Gasteiger partial charge in [-0.15, -0.1) is 0 Å². The summed E-state index contributed by atoms with van der Waals surface area (Å²) in [6.45, 7) is 8.67. The molecular formula is C28H32N4O3. The Morgan fingerprint density at radius 3 is 2.34 bits per heavy atom. The van der Waals surface area contributed by atoms with Crippen molar-refractivity contribution in [1.82, 2.24) is 9.88 Å². The summed E-state index contributed by atoms with van der Waals surface area (Å²) in [4.78, 5) is 19.9. The molecule has 3 heterocycles. The van der Waals surface area contributed by atoms with E-state index in [1.165, 1.54) is 5.56 Å². The first-order valence-electron chi connectivity index (χ1n) is 11.9. The van der Waals surface area contributed by atoms with Crippen molar-refractivity contribution in [3.63, 3.8) is 0 Å². The zero-order valence-electron chi connectivity index (χ0n) is 20.8. The highest BCUT2D eigenvalue weighted by atomic mass is 16.5. The number of anilines is 2. The third-order valence-corrected chi connectivity index (χ3v) is 7.20. The van der Waals surface area contributed by atoms with Crippen LogP contribution in [0.1, 0.15) is 27.2 Å². The summed E-state index contributed by atoms with van der Waals surface area (Å²) in [5, 5.41) is 6.29. The summed E-state index contributed by atoms with van der Waals surface area (Å²) >= 11 is 0. The molecule has 2 N–H and O–H groups in total. The maximum Gasteiger partial charge on any atom is 0.274 e. The number of ether oxygens (including phenoxy) is 2. The number of methoxy groups -OCH3 is 1. The molecule has 2 aliphatic rings. The molecule has 3 aromatic rings. The Balaban J connectivity index is 1.33. The Morgan fingerprint density at radius 2 is 1.74 bits per heavy atom. The number of pyridine rings is 1. The standard InChI is InChI=1S/C28H32N4O3/c1-18-21(7-5-9-23(18)29-3)22-8-6-10-24(19(22)2)31-27(33)25-11-26(34-4)20(12-30-25)13-32-14-28(15-32)16-35-17-28/h5-12,29H,13-17H2,1-4H3,(H,31,33). The summed E-state index contributed by atoms with van der Waals surface area (Å²) in [6, 6.07) is 13.9. The molecule has 2 aromatic carbocycles. The fourth-order valence-electron chi connectivity index (χ4n) is 5.17. The lowest BCUT2D eigenvalue weighted by molar-refractivity contribution is -0.191. The molecule has 2 fully saturated rings. The molecule has 0 radical (unpaired) electrons. The minimum Gasteiger partial charge on any atom is -0.496 e. The summed E-state index contributed by atoms with van der Waals surface area (Å²) in [7, 11) is 3.55. The summed E-state index contributed by atoms with van der Waals surface area (Å²) in [6.07, 6.45) is 1.76. The van der Waals surface area contributed by atoms with Crippen LogP contribution in [0, 0.1) is 19.3 Å². The van der Waals surface area contributed by atoms with E-state index in [1.54, 1.807) is 19.4 Å². The van der Waals surface area contributed by atoms with E-state index in [0.717, 1.165) is 66.5 Å². The van der Waals surface area contributed by atoms with Gasteiger partial charge in [0.05, 0.1) is 20.3 Å². The second-order valence-corrected chi connectivity index (χ2v) is 9.68. The molecule has 0 aliphatic carbocycles. The van der Waals surface area contributed by atoms with Crippen LogP contribution in [0.5, 0.6) is 5.75 Å². The number of likely N-dealkylation sites (tertiary alicyclic amines) is 1. The van der Waals surface area contributed by atoms with Gasteiger partial charge in [-0.3, -0.25) is 14.7 Å². The fraction of sp³-hybridized carbons (Fsp3) is 0.357. The molecule has 2 aliphatic heterocycles. The van der Waals surface area contributed by atoms with Crippen molar-refractivity contribution in [3.8, 4) is 16.9 Å². The lowest BCUT2D eigenvalue weighted by atomic mass is 9.78. The van der Waals surface area contributed by atoms with E-state index < -0.39 is 0 Å². The van der Waals surface area contributed by atoms with Gasteiger partial charge in [0.15, 0.2) is 0 Å². The molecule has 0 bridgehead atoms. The van der Waals surface area contributed by atoms with Gasteiger partial charge >= 0.3 is 0 Å². The van der Waals surface area contributed by atoms with Crippen molar-refractivity contribution in [2.75, 3.05) is 51.1 Å². The number of carbonyl (C=O) groups is 1. The lowest BCUT2D eigenvalue weighted by Crippen LogP contribution is -2.65. The highest BCUT2D eigenvalue weighted by Gasteiger charge is 2.48. The van der Waals surface area contributed by atoms with Crippen LogP contribution < -0.4 is 15.4 Å². The molecule has 0 unspecified atom stereocenters. The van der Waals surface area contributed by atoms with E-state index in [1.807, 2.05) is 32.2 Å². The number of nitrogens with one attached hydrogen (secondary N) is 2. The van der Waals surface area contributed by atoms with Crippen molar-refractivity contribution in [2.24, 2.45) is 5.41 Å². The van der Waals surface area contributed by atoms with E-state index in [4.69, 9.17) is 9.47 Å². The predicted octanol–water partition coefficient (Wildman–Crippen LogP) is 4.50. The van der Waals surface area contributed by atoms with E-state index >= 15 is 0 Å². The monoisotopic (exact) mass is 472 g/mol. The van der Waals surface area contributed by atoms with Crippen LogP contribution in [0.25, 0.3) is 11.1 Å². The SMILES string of the molecule is CNc1cccc(-c2cccc(NC(=O)c3cc(OC)c(CN4CC5(COC5)C4)cn3)c2C)c1C. The molecule has 1 aromatic heterocycles. The van der Waals surface area contributed by atoms with E-state index in [9.17, 15) is 4.79 Å². The maximum atomic E-state index is 13.1. The summed E-state index contributed by atoms with van der Waals surface area (Å²) in [5.41, 5.74) is 7.92. The highest BCUT2D eigenvalue weighted by Crippen LogP contribution is 2.39. The van der Waals surface area contributed by atoms with Gasteiger partial charge in [0.2, 0.25) is 0 Å². The van der Waals surface area contributed by atoms with Gasteiger partial charge < -0.3 is 20.1 Å². The minimum atomic E-state index is -0.259. The largest absolute Gasteiger partial charge is 0.496 e. The van der Waals surface area contributed by atoms with Crippen LogP contribution in [-0.4, -0.2) is 56.3 Å². The van der Waals surface area contributed by atoms with E-state index in [-0.39, 0.29) is 5.91 Å². The van der Waals surface area contributed by atoms with Gasteiger partial charge in [-0.25, -0.2) is 0 Å². The van der Waals surface area contributed by atoms with Gasteiger partial charge in [0, 0.05) is 61.3 Å². The van der Waals surface area contributed by atoms with Crippen molar-refractivity contribution in [1.29, 1.82) is 0 Å². The fourth-order valence-corrected chi connectivity index (χ4v) is 5.17. The molecule has 1 amide bonds. The molecule has 2 saturated heterocycles. The lowest BCUT2D eigenvalue weighted by Gasteiger charge is -2.55. The van der Waals surface area contributed by atoms with Crippen LogP contribution in [0.15, 0.2) is 48.7 Å². The van der Waals surface area contributed by atoms with Gasteiger partial charge in [-0.1, -0.05) is 24.3 Å². The minimum absolute atomic E-state index is 0.259. The summed E-state index contributed by atoms with van der Waals surface area (Å²) < 4.78 is 11.0. The Hall–Kier alpha value is -3.42. The van der Waals surface area contributed by atoms with Gasteiger partial charge in [0.1, 0.15) is 11.4 Å². The number of hydrogen-bond acceptors (Lipinski definition) is 6. The quantitative estimate of drug-likeness (QED) is 0.527. The number of hydrogen-bond donors (Lipinski definition) is 2. The van der Waals surface area contributed by atoms with E-state index in [0.29, 0.717) is 16.9 Å². The average molecular weight is 473 g/mol. The third-order valence-electron chi connectivity index (χ3n) is 7.20. The van der Waals surface area contributed by atoms with Crippen LogP contribution in [0.2, 0.25) is 0 Å². The zero-order valence-corrected chi connectivity index (χ0v) is 20.8. The van der Waals surface area contributed by atoms with Crippen molar-refractivity contribution >= 4 is 17.3 Å². The normalized spacial score (nSPS) is 16.3. The number of rotatable bonds is 7. The number of amides is 1. The second-order valence-electron chi connectivity index (χ2n) is 9.68. The van der Waals surface area contributed by atoms with Crippen LogP contribution in [-0.2, 0) is 11.3 Å².